The summed E-state index contributed by atoms with van der Waals surface area (Å²) in [5.41, 5.74) is 6.60. The molecule has 0 aliphatic heterocycles. The zero-order chi connectivity index (χ0) is 12.9. The molecule has 0 saturated carbocycles. The van der Waals surface area contributed by atoms with E-state index in [1.54, 1.807) is 13.8 Å². The molecule has 0 fully saturated rings. The molecule has 0 saturated heterocycles. The molecule has 0 heterocycles. The van der Waals surface area contributed by atoms with Gasteiger partial charge in [-0.2, -0.15) is 5.10 Å². The molecular weight excluding hydrogens is 214 g/mol. The van der Waals surface area contributed by atoms with Crippen LogP contribution in [0.2, 0.25) is 0 Å². The maximum absolute atomic E-state index is 9.61. The highest BCUT2D eigenvalue weighted by Gasteiger charge is 2.13. The summed E-state index contributed by atoms with van der Waals surface area (Å²) in [4.78, 5) is 0. The van der Waals surface area contributed by atoms with Crippen LogP contribution in [0.25, 0.3) is 0 Å². The van der Waals surface area contributed by atoms with Crippen LogP contribution in [0.4, 0.5) is 0 Å². The fourth-order valence-electron chi connectivity index (χ4n) is 1.47. The molecule has 0 unspecified atom stereocenters. The van der Waals surface area contributed by atoms with Gasteiger partial charge in [-0.3, -0.25) is 0 Å². The van der Waals surface area contributed by atoms with Crippen molar-refractivity contribution in [2.24, 2.45) is 15.9 Å². The zero-order valence-electron chi connectivity index (χ0n) is 10.5. The Balaban J connectivity index is 2.74. The molecule has 0 aliphatic rings. The van der Waals surface area contributed by atoms with E-state index >= 15 is 0 Å². The van der Waals surface area contributed by atoms with E-state index in [1.165, 1.54) is 0 Å². The van der Waals surface area contributed by atoms with Crippen molar-refractivity contribution in [3.63, 3.8) is 0 Å². The van der Waals surface area contributed by atoms with Gasteiger partial charge in [0.05, 0.1) is 5.60 Å². The summed E-state index contributed by atoms with van der Waals surface area (Å²) in [5, 5.41) is 17.6. The highest BCUT2D eigenvalue weighted by Crippen LogP contribution is 2.08. The number of aliphatic hydroxyl groups is 1. The van der Waals surface area contributed by atoms with Gasteiger partial charge in [-0.05, 0) is 20.8 Å². The molecule has 4 heteroatoms. The van der Waals surface area contributed by atoms with Gasteiger partial charge in [0.15, 0.2) is 5.84 Å². The molecular formula is C13H19N3O. The number of nitrogens with two attached hydrogens (primary N) is 1. The van der Waals surface area contributed by atoms with Crippen molar-refractivity contribution >= 4 is 11.5 Å². The van der Waals surface area contributed by atoms with E-state index in [-0.39, 0.29) is 0 Å². The maximum Gasteiger partial charge on any atom is 0.153 e. The van der Waals surface area contributed by atoms with Crippen LogP contribution in [0, 0.1) is 0 Å². The van der Waals surface area contributed by atoms with Crippen LogP contribution in [-0.4, -0.2) is 22.3 Å². The summed E-state index contributed by atoms with van der Waals surface area (Å²) in [6, 6.07) is 9.45. The van der Waals surface area contributed by atoms with Gasteiger partial charge in [-0.1, -0.05) is 30.3 Å². The standard InChI is InChI=1S/C13H19N3O/c1-10(9-13(2,3)17)15-16-12(14)11-7-5-4-6-8-11/h4-8,17H,9H2,1-3H3,(H2,14,16)/b15-10-. The Kier molecular flexibility index (Phi) is 4.40. The predicted octanol–water partition coefficient (Wildman–Crippen LogP) is 1.93. The van der Waals surface area contributed by atoms with Gasteiger partial charge in [-0.25, -0.2) is 0 Å². The second-order valence-electron chi connectivity index (χ2n) is 4.68. The fraction of sp³-hybridized carbons (Fsp3) is 0.385. The first-order valence-corrected chi connectivity index (χ1v) is 5.53. The summed E-state index contributed by atoms with van der Waals surface area (Å²) in [7, 11) is 0. The largest absolute Gasteiger partial charge is 0.390 e. The van der Waals surface area contributed by atoms with Crippen molar-refractivity contribution in [1.29, 1.82) is 0 Å². The van der Waals surface area contributed by atoms with E-state index in [9.17, 15) is 5.11 Å². The first-order valence-electron chi connectivity index (χ1n) is 5.53. The lowest BCUT2D eigenvalue weighted by atomic mass is 10.0. The normalized spacial score (nSPS) is 13.9. The lowest BCUT2D eigenvalue weighted by molar-refractivity contribution is 0.0884. The summed E-state index contributed by atoms with van der Waals surface area (Å²) >= 11 is 0. The summed E-state index contributed by atoms with van der Waals surface area (Å²) < 4.78 is 0. The average Bonchev–Trinajstić information content (AvgIpc) is 2.25. The van der Waals surface area contributed by atoms with Crippen molar-refractivity contribution in [3.8, 4) is 0 Å². The van der Waals surface area contributed by atoms with Gasteiger partial charge in [0.2, 0.25) is 0 Å². The summed E-state index contributed by atoms with van der Waals surface area (Å²) in [5.74, 6) is 0.376. The van der Waals surface area contributed by atoms with Crippen molar-refractivity contribution in [2.75, 3.05) is 0 Å². The molecule has 0 radical (unpaired) electrons. The van der Waals surface area contributed by atoms with Gasteiger partial charge >= 0.3 is 0 Å². The number of rotatable bonds is 4. The lowest BCUT2D eigenvalue weighted by Gasteiger charge is -2.15. The topological polar surface area (TPSA) is 71.0 Å². The van der Waals surface area contributed by atoms with E-state index in [0.29, 0.717) is 12.3 Å². The minimum Gasteiger partial charge on any atom is -0.390 e. The van der Waals surface area contributed by atoms with Crippen LogP contribution in [0.3, 0.4) is 0 Å². The molecule has 0 aromatic heterocycles. The Hall–Kier alpha value is -1.68. The van der Waals surface area contributed by atoms with Gasteiger partial charge in [0.1, 0.15) is 0 Å². The molecule has 0 bridgehead atoms. The zero-order valence-corrected chi connectivity index (χ0v) is 10.5. The van der Waals surface area contributed by atoms with Crippen LogP contribution >= 0.6 is 0 Å². The monoisotopic (exact) mass is 233 g/mol. The average molecular weight is 233 g/mol. The fourth-order valence-corrected chi connectivity index (χ4v) is 1.47. The van der Waals surface area contributed by atoms with Crippen LogP contribution in [0.5, 0.6) is 0 Å². The molecule has 0 spiro atoms. The Morgan fingerprint density at radius 2 is 1.82 bits per heavy atom. The maximum atomic E-state index is 9.61. The van der Waals surface area contributed by atoms with E-state index in [2.05, 4.69) is 10.2 Å². The molecule has 4 nitrogen and oxygen atoms in total. The molecule has 0 atom stereocenters. The van der Waals surface area contributed by atoms with Crippen molar-refractivity contribution < 1.29 is 5.11 Å². The number of hydrogen-bond acceptors (Lipinski definition) is 3. The van der Waals surface area contributed by atoms with E-state index in [0.717, 1.165) is 11.3 Å². The summed E-state index contributed by atoms with van der Waals surface area (Å²) in [6.45, 7) is 5.28. The number of benzene rings is 1. The summed E-state index contributed by atoms with van der Waals surface area (Å²) in [6.07, 6.45) is 0.471. The third-order valence-corrected chi connectivity index (χ3v) is 2.09. The van der Waals surface area contributed by atoms with Gasteiger partial charge in [0, 0.05) is 17.7 Å². The van der Waals surface area contributed by atoms with Gasteiger partial charge < -0.3 is 10.8 Å². The van der Waals surface area contributed by atoms with Gasteiger partial charge in [-0.15, -0.1) is 5.10 Å². The Labute approximate surface area is 102 Å². The third-order valence-electron chi connectivity index (χ3n) is 2.09. The second-order valence-corrected chi connectivity index (χ2v) is 4.68. The van der Waals surface area contributed by atoms with Crippen LogP contribution < -0.4 is 5.73 Å². The molecule has 1 rings (SSSR count). The van der Waals surface area contributed by atoms with E-state index in [4.69, 9.17) is 5.73 Å². The lowest BCUT2D eigenvalue weighted by Crippen LogP contribution is -2.22. The van der Waals surface area contributed by atoms with Gasteiger partial charge in [0.25, 0.3) is 0 Å². The molecule has 17 heavy (non-hydrogen) atoms. The van der Waals surface area contributed by atoms with Crippen molar-refractivity contribution in [3.05, 3.63) is 35.9 Å². The van der Waals surface area contributed by atoms with Crippen molar-refractivity contribution in [1.82, 2.24) is 0 Å². The number of nitrogens with zero attached hydrogens (tertiary/aromatic N) is 2. The molecule has 1 aromatic rings. The Morgan fingerprint density at radius 1 is 1.24 bits per heavy atom. The third kappa shape index (κ3) is 5.26. The molecule has 92 valence electrons. The first kappa shape index (κ1) is 13.4. The Morgan fingerprint density at radius 3 is 2.35 bits per heavy atom. The first-order chi connectivity index (χ1) is 7.88. The highest BCUT2D eigenvalue weighted by atomic mass is 16.3. The highest BCUT2D eigenvalue weighted by molar-refractivity contribution is 5.97. The number of hydrogen-bond donors (Lipinski definition) is 2. The van der Waals surface area contributed by atoms with Crippen LogP contribution in [0.15, 0.2) is 40.5 Å². The van der Waals surface area contributed by atoms with Crippen LogP contribution in [-0.2, 0) is 0 Å². The quantitative estimate of drug-likeness (QED) is 0.474. The van der Waals surface area contributed by atoms with E-state index < -0.39 is 5.60 Å². The van der Waals surface area contributed by atoms with E-state index in [1.807, 2.05) is 37.3 Å². The molecule has 0 amide bonds. The molecule has 3 N–H and O–H groups in total. The van der Waals surface area contributed by atoms with Crippen LogP contribution in [0.1, 0.15) is 32.8 Å². The SMILES string of the molecule is C/C(CC(C)(C)O)=N/N=C(/N)c1ccccc1. The number of amidine groups is 1. The minimum absolute atomic E-state index is 0.376. The minimum atomic E-state index is -0.773. The van der Waals surface area contributed by atoms with Crippen molar-refractivity contribution in [2.45, 2.75) is 32.8 Å². The second kappa shape index (κ2) is 5.59. The predicted molar refractivity (Wildman–Crippen MR) is 71.2 cm³/mol. The Bertz CT molecular complexity index is 416. The smallest absolute Gasteiger partial charge is 0.153 e. The molecule has 0 aliphatic carbocycles. The molecule has 1 aromatic carbocycles.